The van der Waals surface area contributed by atoms with Gasteiger partial charge < -0.3 is 10.3 Å². The largest absolute Gasteiger partial charge is 0.381 e. The van der Waals surface area contributed by atoms with E-state index in [4.69, 9.17) is 10.3 Å². The minimum atomic E-state index is -3.02. The average Bonchev–Trinajstić information content (AvgIpc) is 2.56. The minimum Gasteiger partial charge on any atom is -0.381 e. The van der Waals surface area contributed by atoms with Crippen LogP contribution >= 0.6 is 0 Å². The van der Waals surface area contributed by atoms with Crippen LogP contribution in [0, 0.1) is 0 Å². The highest BCUT2D eigenvalue weighted by Crippen LogP contribution is 2.34. The molecule has 1 fully saturated rings. The van der Waals surface area contributed by atoms with Crippen LogP contribution in [0.5, 0.6) is 0 Å². The van der Waals surface area contributed by atoms with Crippen molar-refractivity contribution in [3.63, 3.8) is 0 Å². The number of sulfone groups is 1. The first kappa shape index (κ1) is 8.55. The molecule has 0 amide bonds. The Hall–Kier alpha value is -1.04. The second-order valence-corrected chi connectivity index (χ2v) is 5.46. The molecule has 0 aliphatic carbocycles. The molecule has 0 spiro atoms. The third kappa shape index (κ3) is 1.41. The fourth-order valence-corrected chi connectivity index (χ4v) is 3.41. The lowest BCUT2D eigenvalue weighted by molar-refractivity contribution is 0.379. The molecule has 0 radical (unpaired) electrons. The molecule has 1 aromatic rings. The molecule has 0 saturated carbocycles. The topological polar surface area (TPSA) is 86.2 Å². The van der Waals surface area contributed by atoms with Gasteiger partial charge in [0.1, 0.15) is 5.25 Å². The van der Waals surface area contributed by atoms with Crippen molar-refractivity contribution in [2.75, 3.05) is 11.5 Å². The Morgan fingerprint density at radius 2 is 2.38 bits per heavy atom. The van der Waals surface area contributed by atoms with Crippen molar-refractivity contribution in [2.45, 2.75) is 18.1 Å². The second kappa shape index (κ2) is 2.73. The fraction of sp³-hybridized carbons (Fsp3) is 0.571. The Morgan fingerprint density at radius 1 is 1.62 bits per heavy atom. The molecular formula is C7H10N2O3S. The highest BCUT2D eigenvalue weighted by Gasteiger charge is 2.35. The zero-order valence-corrected chi connectivity index (χ0v) is 7.75. The summed E-state index contributed by atoms with van der Waals surface area (Å²) < 4.78 is 27.7. The number of nitrogens with two attached hydrogens (primary N) is 1. The van der Waals surface area contributed by atoms with Gasteiger partial charge in [0.2, 0.25) is 0 Å². The van der Waals surface area contributed by atoms with E-state index < -0.39 is 15.1 Å². The molecule has 6 heteroatoms. The number of anilines is 1. The number of aromatic nitrogens is 1. The van der Waals surface area contributed by atoms with Gasteiger partial charge in [0.25, 0.3) is 0 Å². The summed E-state index contributed by atoms with van der Waals surface area (Å²) in [7, 11) is -3.02. The lowest BCUT2D eigenvalue weighted by atomic mass is 10.2. The number of rotatable bonds is 1. The second-order valence-electron chi connectivity index (χ2n) is 3.15. The van der Waals surface area contributed by atoms with Crippen LogP contribution in [-0.4, -0.2) is 19.3 Å². The lowest BCUT2D eigenvalue weighted by Crippen LogP contribution is -2.06. The molecule has 1 aliphatic heterocycles. The summed E-state index contributed by atoms with van der Waals surface area (Å²) in [5.74, 6) is 0.838. The molecule has 1 unspecified atom stereocenters. The third-order valence-electron chi connectivity index (χ3n) is 2.19. The maximum absolute atomic E-state index is 11.4. The molecule has 0 bridgehead atoms. The van der Waals surface area contributed by atoms with Gasteiger partial charge in [-0.25, -0.2) is 8.42 Å². The molecule has 1 atom stereocenters. The maximum atomic E-state index is 11.4. The quantitative estimate of drug-likeness (QED) is 0.716. The predicted octanol–water partition coefficient (Wildman–Crippen LogP) is 0.506. The molecule has 1 aliphatic rings. The molecule has 13 heavy (non-hydrogen) atoms. The monoisotopic (exact) mass is 202 g/mol. The molecule has 5 nitrogen and oxygen atoms in total. The number of hydrogen-bond donors (Lipinski definition) is 1. The van der Waals surface area contributed by atoms with E-state index in [9.17, 15) is 8.42 Å². The van der Waals surface area contributed by atoms with Crippen molar-refractivity contribution in [3.05, 3.63) is 11.8 Å². The normalized spacial score (nSPS) is 26.3. The zero-order valence-electron chi connectivity index (χ0n) is 6.93. The highest BCUT2D eigenvalue weighted by molar-refractivity contribution is 7.91. The molecule has 72 valence electrons. The van der Waals surface area contributed by atoms with Crippen LogP contribution in [0.3, 0.4) is 0 Å². The molecule has 2 rings (SSSR count). The van der Waals surface area contributed by atoms with E-state index in [-0.39, 0.29) is 11.6 Å². The Bertz CT molecular complexity index is 409. The van der Waals surface area contributed by atoms with Crippen LogP contribution < -0.4 is 5.73 Å². The standard InChI is InChI=1S/C7H10N2O3S/c8-7-4-5(12-9-7)6-2-1-3-13(6,10)11/h4,6H,1-3H2,(H2,8,9). The molecular weight excluding hydrogens is 192 g/mol. The Kier molecular flexibility index (Phi) is 1.80. The SMILES string of the molecule is Nc1cc(C2CCCS2(=O)=O)on1. The van der Waals surface area contributed by atoms with E-state index in [0.717, 1.165) is 0 Å². The van der Waals surface area contributed by atoms with Gasteiger partial charge >= 0.3 is 0 Å². The fourth-order valence-electron chi connectivity index (χ4n) is 1.57. The van der Waals surface area contributed by atoms with Gasteiger partial charge in [-0.05, 0) is 12.8 Å². The summed E-state index contributed by atoms with van der Waals surface area (Å²) in [6.07, 6.45) is 1.30. The molecule has 1 saturated heterocycles. The third-order valence-corrected chi connectivity index (χ3v) is 4.39. The van der Waals surface area contributed by atoms with Gasteiger partial charge in [-0.3, -0.25) is 0 Å². The highest BCUT2D eigenvalue weighted by atomic mass is 32.2. The van der Waals surface area contributed by atoms with E-state index in [0.29, 0.717) is 18.6 Å². The van der Waals surface area contributed by atoms with Gasteiger partial charge in [0.05, 0.1) is 5.75 Å². The first-order valence-corrected chi connectivity index (χ1v) is 5.75. The summed E-state index contributed by atoms with van der Waals surface area (Å²) in [4.78, 5) is 0. The Morgan fingerprint density at radius 3 is 2.85 bits per heavy atom. The van der Waals surface area contributed by atoms with Gasteiger partial charge in [0, 0.05) is 6.07 Å². The maximum Gasteiger partial charge on any atom is 0.167 e. The molecule has 2 heterocycles. The smallest absolute Gasteiger partial charge is 0.167 e. The average molecular weight is 202 g/mol. The van der Waals surface area contributed by atoms with Gasteiger partial charge in [-0.1, -0.05) is 5.16 Å². The van der Waals surface area contributed by atoms with Crippen LogP contribution in [0.4, 0.5) is 5.82 Å². The van der Waals surface area contributed by atoms with Gasteiger partial charge in [0.15, 0.2) is 21.4 Å². The minimum absolute atomic E-state index is 0.233. The number of nitrogen functional groups attached to an aromatic ring is 1. The lowest BCUT2D eigenvalue weighted by Gasteiger charge is -2.02. The van der Waals surface area contributed by atoms with Crippen LogP contribution in [0.2, 0.25) is 0 Å². The van der Waals surface area contributed by atoms with Crippen molar-refractivity contribution >= 4 is 15.7 Å². The first-order valence-electron chi connectivity index (χ1n) is 4.03. The Labute approximate surface area is 75.8 Å². The summed E-state index contributed by atoms with van der Waals surface area (Å²) >= 11 is 0. The molecule has 1 aromatic heterocycles. The van der Waals surface area contributed by atoms with Crippen molar-refractivity contribution < 1.29 is 12.9 Å². The van der Waals surface area contributed by atoms with E-state index in [1.165, 1.54) is 6.07 Å². The van der Waals surface area contributed by atoms with Gasteiger partial charge in [-0.15, -0.1) is 0 Å². The van der Waals surface area contributed by atoms with E-state index in [1.807, 2.05) is 0 Å². The predicted molar refractivity (Wildman–Crippen MR) is 46.7 cm³/mol. The zero-order chi connectivity index (χ0) is 9.47. The summed E-state index contributed by atoms with van der Waals surface area (Å²) in [6, 6.07) is 1.48. The van der Waals surface area contributed by atoms with Crippen molar-refractivity contribution in [1.29, 1.82) is 0 Å². The first-order chi connectivity index (χ1) is 6.09. The van der Waals surface area contributed by atoms with Crippen molar-refractivity contribution in [3.8, 4) is 0 Å². The van der Waals surface area contributed by atoms with Crippen molar-refractivity contribution in [2.24, 2.45) is 0 Å². The van der Waals surface area contributed by atoms with Crippen molar-refractivity contribution in [1.82, 2.24) is 5.16 Å². The van der Waals surface area contributed by atoms with Crippen LogP contribution in [-0.2, 0) is 9.84 Å². The molecule has 2 N–H and O–H groups in total. The van der Waals surface area contributed by atoms with Gasteiger partial charge in [-0.2, -0.15) is 0 Å². The van der Waals surface area contributed by atoms with E-state index in [2.05, 4.69) is 5.16 Å². The molecule has 0 aromatic carbocycles. The summed E-state index contributed by atoms with van der Waals surface area (Å²) in [6.45, 7) is 0. The van der Waals surface area contributed by atoms with E-state index >= 15 is 0 Å². The van der Waals surface area contributed by atoms with Crippen LogP contribution in [0.15, 0.2) is 10.6 Å². The summed E-state index contributed by atoms with van der Waals surface area (Å²) in [5, 5.41) is 2.93. The number of hydrogen-bond acceptors (Lipinski definition) is 5. The van der Waals surface area contributed by atoms with E-state index in [1.54, 1.807) is 0 Å². The Balaban J connectivity index is 2.37. The van der Waals surface area contributed by atoms with Crippen LogP contribution in [0.25, 0.3) is 0 Å². The van der Waals surface area contributed by atoms with Crippen LogP contribution in [0.1, 0.15) is 23.9 Å². The summed E-state index contributed by atoms with van der Waals surface area (Å²) in [5.41, 5.74) is 5.34. The number of nitrogens with zero attached hydrogens (tertiary/aromatic N) is 1.